The summed E-state index contributed by atoms with van der Waals surface area (Å²) < 4.78 is 5.97. The highest BCUT2D eigenvalue weighted by molar-refractivity contribution is 6.11. The number of aromatic nitrogens is 2. The summed E-state index contributed by atoms with van der Waals surface area (Å²) in [4.78, 5) is 13.2. The molecule has 3 N–H and O–H groups in total. The van der Waals surface area contributed by atoms with Gasteiger partial charge in [-0.3, -0.25) is 4.79 Å². The van der Waals surface area contributed by atoms with Gasteiger partial charge in [0.25, 0.3) is 5.91 Å². The lowest BCUT2D eigenvalue weighted by Gasteiger charge is -2.11. The second kappa shape index (κ2) is 14.0. The normalized spacial score (nSPS) is 11.6. The van der Waals surface area contributed by atoms with E-state index in [4.69, 9.17) is 4.42 Å². The van der Waals surface area contributed by atoms with Crippen LogP contribution in [0.4, 0.5) is 28.4 Å². The van der Waals surface area contributed by atoms with Crippen LogP contribution in [-0.4, -0.2) is 26.3 Å². The number of hydrogen-bond acceptors (Lipinski definition) is 10. The predicted octanol–water partition coefficient (Wildman–Crippen LogP) is 11.5. The fourth-order valence-corrected chi connectivity index (χ4v) is 5.88. The fraction of sp³-hybridized carbons (Fsp3) is 0.0238. The number of amides is 1. The Labute approximate surface area is 302 Å². The first kappa shape index (κ1) is 32.7. The number of hydrogen-bond donors (Lipinski definition) is 3. The number of nitrogens with zero attached hydrogens (tertiary/aromatic N) is 6. The van der Waals surface area contributed by atoms with Crippen molar-refractivity contribution in [2.24, 2.45) is 20.5 Å². The molecule has 1 heterocycles. The van der Waals surface area contributed by atoms with Gasteiger partial charge in [0.1, 0.15) is 17.1 Å². The highest BCUT2D eigenvalue weighted by Crippen LogP contribution is 2.40. The molecule has 0 aliphatic carbocycles. The van der Waals surface area contributed by atoms with Gasteiger partial charge in [0.2, 0.25) is 11.8 Å². The minimum Gasteiger partial charge on any atom is -0.506 e. The average Bonchev–Trinajstić information content (AvgIpc) is 3.68. The van der Waals surface area contributed by atoms with Crippen LogP contribution in [0.15, 0.2) is 164 Å². The molecular weight excluding hydrogens is 667 g/mol. The van der Waals surface area contributed by atoms with Crippen LogP contribution < -0.4 is 5.32 Å². The molecule has 1 aromatic heterocycles. The van der Waals surface area contributed by atoms with E-state index in [-0.39, 0.29) is 22.7 Å². The summed E-state index contributed by atoms with van der Waals surface area (Å²) in [5.74, 6) is -0.0370. The number of rotatable bonds is 8. The largest absolute Gasteiger partial charge is 0.506 e. The molecule has 7 aromatic carbocycles. The summed E-state index contributed by atoms with van der Waals surface area (Å²) in [5, 5.41) is 53.4. The van der Waals surface area contributed by atoms with Crippen LogP contribution in [0.3, 0.4) is 0 Å². The molecule has 0 saturated carbocycles. The molecule has 0 spiro atoms. The van der Waals surface area contributed by atoms with Crippen molar-refractivity contribution < 1.29 is 19.4 Å². The highest BCUT2D eigenvalue weighted by atomic mass is 16.4. The summed E-state index contributed by atoms with van der Waals surface area (Å²) >= 11 is 0. The molecule has 0 fully saturated rings. The Morgan fingerprint density at radius 2 is 1.19 bits per heavy atom. The van der Waals surface area contributed by atoms with Crippen molar-refractivity contribution in [3.05, 3.63) is 151 Å². The SMILES string of the molecule is Cc1cccc(NC(=O)c2cc3ccccc3c(N=Nc3ccc(-c4nnc(-c5ccc(N=Nc6c(O)ccc7ccccc67)cc5)o4)cc3)c2O)c1. The van der Waals surface area contributed by atoms with Crippen molar-refractivity contribution in [1.29, 1.82) is 0 Å². The Hall–Kier alpha value is -7.53. The molecule has 256 valence electrons. The van der Waals surface area contributed by atoms with E-state index in [2.05, 4.69) is 36.0 Å². The molecule has 0 aliphatic rings. The number of phenolic OH excluding ortho intramolecular Hbond substituents is 2. The number of anilines is 1. The van der Waals surface area contributed by atoms with Crippen molar-refractivity contribution in [2.45, 2.75) is 6.92 Å². The van der Waals surface area contributed by atoms with Crippen molar-refractivity contribution in [3.63, 3.8) is 0 Å². The Morgan fingerprint density at radius 3 is 1.83 bits per heavy atom. The van der Waals surface area contributed by atoms with Crippen LogP contribution >= 0.6 is 0 Å². The Balaban J connectivity index is 0.985. The maximum absolute atomic E-state index is 13.2. The number of azo groups is 2. The predicted molar refractivity (Wildman–Crippen MR) is 204 cm³/mol. The van der Waals surface area contributed by atoms with E-state index in [0.29, 0.717) is 51.0 Å². The van der Waals surface area contributed by atoms with Gasteiger partial charge in [0.15, 0.2) is 5.75 Å². The monoisotopic (exact) mass is 695 g/mol. The van der Waals surface area contributed by atoms with Crippen LogP contribution in [0, 0.1) is 6.92 Å². The third-order valence-electron chi connectivity index (χ3n) is 8.58. The molecule has 0 unspecified atom stereocenters. The Morgan fingerprint density at radius 1 is 0.604 bits per heavy atom. The van der Waals surface area contributed by atoms with Crippen molar-refractivity contribution in [2.75, 3.05) is 5.32 Å². The quantitative estimate of drug-likeness (QED) is 0.134. The average molecular weight is 696 g/mol. The first-order valence-electron chi connectivity index (χ1n) is 16.6. The number of carbonyl (C=O) groups is 1. The molecule has 11 nitrogen and oxygen atoms in total. The lowest BCUT2D eigenvalue weighted by Crippen LogP contribution is -2.12. The second-order valence-corrected chi connectivity index (χ2v) is 12.2. The maximum atomic E-state index is 13.2. The van der Waals surface area contributed by atoms with E-state index in [1.807, 2.05) is 79.7 Å². The summed E-state index contributed by atoms with van der Waals surface area (Å²) in [5.41, 5.74) is 4.75. The third kappa shape index (κ3) is 6.82. The zero-order valence-electron chi connectivity index (χ0n) is 28.2. The number of carbonyl (C=O) groups excluding carboxylic acids is 1. The van der Waals surface area contributed by atoms with Gasteiger partial charge in [-0.05, 0) is 96.1 Å². The molecule has 0 atom stereocenters. The van der Waals surface area contributed by atoms with Gasteiger partial charge in [-0.15, -0.1) is 20.4 Å². The molecule has 1 amide bonds. The van der Waals surface area contributed by atoms with Crippen LogP contribution in [0.2, 0.25) is 0 Å². The third-order valence-corrected chi connectivity index (χ3v) is 8.58. The lowest BCUT2D eigenvalue weighted by molar-refractivity contribution is 0.102. The first-order valence-corrected chi connectivity index (χ1v) is 16.6. The molecule has 8 aromatic rings. The van der Waals surface area contributed by atoms with E-state index >= 15 is 0 Å². The zero-order valence-corrected chi connectivity index (χ0v) is 28.2. The van der Waals surface area contributed by atoms with Crippen LogP contribution in [0.25, 0.3) is 44.5 Å². The number of benzene rings is 7. The Kier molecular flexibility index (Phi) is 8.63. The number of phenols is 2. The van der Waals surface area contributed by atoms with Crippen molar-refractivity contribution >= 4 is 55.9 Å². The molecule has 8 rings (SSSR count). The lowest BCUT2D eigenvalue weighted by atomic mass is 10.0. The fourth-order valence-electron chi connectivity index (χ4n) is 5.88. The van der Waals surface area contributed by atoms with Crippen LogP contribution in [-0.2, 0) is 0 Å². The van der Waals surface area contributed by atoms with Gasteiger partial charge in [0.05, 0.1) is 16.9 Å². The minimum absolute atomic E-state index is 0.0527. The molecule has 0 bridgehead atoms. The van der Waals surface area contributed by atoms with Crippen LogP contribution in [0.5, 0.6) is 11.5 Å². The summed E-state index contributed by atoms with van der Waals surface area (Å²) in [6.45, 7) is 1.94. The number of aromatic hydroxyl groups is 2. The standard InChI is InChI=1S/C42H29N7O4/c1-25-7-6-10-32(23-25)43-40(52)35-24-29-9-3-5-12-34(29)38(39(35)51)47-45-31-20-15-28(16-21-31)42-49-48-41(53-42)27-13-18-30(19-14-27)44-46-37-33-11-4-2-8-26(33)17-22-36(37)50/h2-24,50-51H,1H3,(H,43,52). The minimum atomic E-state index is -0.460. The topological polar surface area (TPSA) is 158 Å². The summed E-state index contributed by atoms with van der Waals surface area (Å²) in [6, 6.07) is 41.7. The van der Waals surface area contributed by atoms with E-state index in [1.54, 1.807) is 66.7 Å². The number of aryl methyl sites for hydroxylation is 1. The van der Waals surface area contributed by atoms with Gasteiger partial charge in [-0.2, -0.15) is 10.2 Å². The molecule has 11 heteroatoms. The van der Waals surface area contributed by atoms with Gasteiger partial charge in [-0.1, -0.05) is 66.7 Å². The van der Waals surface area contributed by atoms with E-state index < -0.39 is 5.91 Å². The van der Waals surface area contributed by atoms with E-state index in [9.17, 15) is 15.0 Å². The van der Waals surface area contributed by atoms with Gasteiger partial charge in [-0.25, -0.2) is 0 Å². The number of nitrogens with one attached hydrogen (secondary N) is 1. The smallest absolute Gasteiger partial charge is 0.259 e. The van der Waals surface area contributed by atoms with Crippen LogP contribution in [0.1, 0.15) is 15.9 Å². The van der Waals surface area contributed by atoms with E-state index in [1.165, 1.54) is 0 Å². The Bertz CT molecular complexity index is 2700. The van der Waals surface area contributed by atoms with Gasteiger partial charge in [0, 0.05) is 27.6 Å². The highest BCUT2D eigenvalue weighted by Gasteiger charge is 2.19. The zero-order chi connectivity index (χ0) is 36.3. The molecule has 53 heavy (non-hydrogen) atoms. The molecule has 0 radical (unpaired) electrons. The molecule has 0 aliphatic heterocycles. The maximum Gasteiger partial charge on any atom is 0.259 e. The number of fused-ring (bicyclic) bond motifs is 2. The van der Waals surface area contributed by atoms with Crippen molar-refractivity contribution in [1.82, 2.24) is 10.2 Å². The van der Waals surface area contributed by atoms with Crippen molar-refractivity contribution in [3.8, 4) is 34.4 Å². The second-order valence-electron chi connectivity index (χ2n) is 12.2. The van der Waals surface area contributed by atoms with E-state index in [0.717, 1.165) is 21.7 Å². The summed E-state index contributed by atoms with van der Waals surface area (Å²) in [7, 11) is 0. The van der Waals surface area contributed by atoms with Gasteiger partial charge >= 0.3 is 0 Å². The summed E-state index contributed by atoms with van der Waals surface area (Å²) in [6.07, 6.45) is 0. The molecule has 0 saturated heterocycles. The first-order chi connectivity index (χ1) is 25.9. The van der Waals surface area contributed by atoms with Gasteiger partial charge < -0.3 is 19.9 Å². The molecular formula is C42H29N7O4.